The maximum atomic E-state index is 9.02. The first-order valence-electron chi connectivity index (χ1n) is 5.30. The van der Waals surface area contributed by atoms with Crippen LogP contribution in [0.15, 0.2) is 28.7 Å². The number of aliphatic hydroxyl groups excluding tert-OH is 1. The molecule has 0 saturated carbocycles. The van der Waals surface area contributed by atoms with E-state index >= 15 is 0 Å². The smallest absolute Gasteiger partial charge is 0.0582 e. The van der Waals surface area contributed by atoms with E-state index < -0.39 is 0 Å². The van der Waals surface area contributed by atoms with Gasteiger partial charge in [-0.1, -0.05) is 41.1 Å². The van der Waals surface area contributed by atoms with Crippen molar-refractivity contribution >= 4 is 15.9 Å². The zero-order chi connectivity index (χ0) is 11.3. The zero-order valence-corrected chi connectivity index (χ0v) is 10.8. The van der Waals surface area contributed by atoms with Crippen molar-refractivity contribution in [3.63, 3.8) is 0 Å². The number of hydrogen-bond donors (Lipinski definition) is 2. The summed E-state index contributed by atoms with van der Waals surface area (Å²) in [6, 6.07) is 8.62. The van der Waals surface area contributed by atoms with E-state index in [1.807, 2.05) is 25.1 Å². The van der Waals surface area contributed by atoms with Crippen LogP contribution in [0.1, 0.15) is 31.9 Å². The highest BCUT2D eigenvalue weighted by atomic mass is 79.9. The summed E-state index contributed by atoms with van der Waals surface area (Å²) in [6.07, 6.45) is 1.01. The van der Waals surface area contributed by atoms with Crippen LogP contribution in [-0.2, 0) is 0 Å². The molecule has 0 saturated heterocycles. The molecular weight excluding hydrogens is 254 g/mol. The van der Waals surface area contributed by atoms with E-state index in [4.69, 9.17) is 5.11 Å². The van der Waals surface area contributed by atoms with Crippen LogP contribution < -0.4 is 5.32 Å². The van der Waals surface area contributed by atoms with Crippen molar-refractivity contribution in [2.45, 2.75) is 32.4 Å². The second-order valence-electron chi connectivity index (χ2n) is 3.73. The van der Waals surface area contributed by atoms with Gasteiger partial charge in [0.1, 0.15) is 0 Å². The molecule has 1 aromatic carbocycles. The lowest BCUT2D eigenvalue weighted by Crippen LogP contribution is -2.33. The standard InChI is InChI=1S/C12H18BrNO/c1-3-12(14-9(2)8-15)10-6-4-5-7-11(10)13/h4-7,9,12,14-15H,3,8H2,1-2H3/t9-,12?/m1/s1. The Balaban J connectivity index is 2.78. The third-order valence-electron chi connectivity index (χ3n) is 2.45. The van der Waals surface area contributed by atoms with E-state index in [0.29, 0.717) is 6.04 Å². The van der Waals surface area contributed by atoms with Crippen molar-refractivity contribution in [1.29, 1.82) is 0 Å². The topological polar surface area (TPSA) is 32.3 Å². The van der Waals surface area contributed by atoms with E-state index in [2.05, 4.69) is 34.2 Å². The van der Waals surface area contributed by atoms with Gasteiger partial charge in [-0.05, 0) is 25.0 Å². The van der Waals surface area contributed by atoms with Crippen molar-refractivity contribution < 1.29 is 5.11 Å². The van der Waals surface area contributed by atoms with Crippen LogP contribution in [0.5, 0.6) is 0 Å². The lowest BCUT2D eigenvalue weighted by atomic mass is 10.0. The molecule has 0 fully saturated rings. The molecule has 0 radical (unpaired) electrons. The maximum Gasteiger partial charge on any atom is 0.0582 e. The Bertz CT molecular complexity index is 303. The first-order valence-corrected chi connectivity index (χ1v) is 6.09. The van der Waals surface area contributed by atoms with Gasteiger partial charge in [0.2, 0.25) is 0 Å². The fourth-order valence-electron chi connectivity index (χ4n) is 1.58. The summed E-state index contributed by atoms with van der Waals surface area (Å²) in [4.78, 5) is 0. The molecule has 2 N–H and O–H groups in total. The van der Waals surface area contributed by atoms with Gasteiger partial charge in [0.15, 0.2) is 0 Å². The fraction of sp³-hybridized carbons (Fsp3) is 0.500. The lowest BCUT2D eigenvalue weighted by Gasteiger charge is -2.22. The van der Waals surface area contributed by atoms with Crippen LogP contribution in [0.25, 0.3) is 0 Å². The highest BCUT2D eigenvalue weighted by molar-refractivity contribution is 9.10. The Morgan fingerprint density at radius 1 is 1.40 bits per heavy atom. The lowest BCUT2D eigenvalue weighted by molar-refractivity contribution is 0.239. The van der Waals surface area contributed by atoms with Crippen molar-refractivity contribution in [1.82, 2.24) is 5.32 Å². The molecule has 0 bridgehead atoms. The van der Waals surface area contributed by atoms with E-state index in [1.165, 1.54) is 5.56 Å². The summed E-state index contributed by atoms with van der Waals surface area (Å²) >= 11 is 3.55. The molecule has 0 aliphatic heterocycles. The highest BCUT2D eigenvalue weighted by Gasteiger charge is 2.13. The molecular formula is C12H18BrNO. The van der Waals surface area contributed by atoms with Gasteiger partial charge in [-0.25, -0.2) is 0 Å². The van der Waals surface area contributed by atoms with Gasteiger partial charge in [-0.2, -0.15) is 0 Å². The second-order valence-corrected chi connectivity index (χ2v) is 4.59. The molecule has 0 aromatic heterocycles. The van der Waals surface area contributed by atoms with Gasteiger partial charge in [-0.3, -0.25) is 0 Å². The number of hydrogen-bond acceptors (Lipinski definition) is 2. The number of benzene rings is 1. The Hall–Kier alpha value is -0.380. The van der Waals surface area contributed by atoms with Crippen LogP contribution >= 0.6 is 15.9 Å². The van der Waals surface area contributed by atoms with Gasteiger partial charge >= 0.3 is 0 Å². The van der Waals surface area contributed by atoms with Crippen LogP contribution in [0.3, 0.4) is 0 Å². The quantitative estimate of drug-likeness (QED) is 0.863. The minimum atomic E-state index is 0.127. The third-order valence-corrected chi connectivity index (χ3v) is 3.17. The van der Waals surface area contributed by atoms with Crippen molar-refractivity contribution in [2.24, 2.45) is 0 Å². The normalized spacial score (nSPS) is 14.9. The van der Waals surface area contributed by atoms with Crippen LogP contribution in [-0.4, -0.2) is 17.8 Å². The number of rotatable bonds is 5. The number of aliphatic hydroxyl groups is 1. The molecule has 15 heavy (non-hydrogen) atoms. The largest absolute Gasteiger partial charge is 0.395 e. The molecule has 2 atom stereocenters. The summed E-state index contributed by atoms with van der Waals surface area (Å²) in [7, 11) is 0. The summed E-state index contributed by atoms with van der Waals surface area (Å²) < 4.78 is 1.12. The molecule has 1 rings (SSSR count). The number of halogens is 1. The first-order chi connectivity index (χ1) is 7.19. The van der Waals surface area contributed by atoms with Crippen LogP contribution in [0, 0.1) is 0 Å². The molecule has 3 heteroatoms. The molecule has 2 nitrogen and oxygen atoms in total. The van der Waals surface area contributed by atoms with Crippen LogP contribution in [0.4, 0.5) is 0 Å². The molecule has 0 aliphatic rings. The summed E-state index contributed by atoms with van der Waals surface area (Å²) in [5.74, 6) is 0. The van der Waals surface area contributed by atoms with E-state index in [0.717, 1.165) is 10.9 Å². The Morgan fingerprint density at radius 2 is 2.07 bits per heavy atom. The Kier molecular flexibility index (Phi) is 5.29. The molecule has 0 aliphatic carbocycles. The van der Waals surface area contributed by atoms with Gasteiger partial charge in [0.05, 0.1) is 6.61 Å². The van der Waals surface area contributed by atoms with Gasteiger partial charge < -0.3 is 10.4 Å². The van der Waals surface area contributed by atoms with Gasteiger partial charge in [-0.15, -0.1) is 0 Å². The summed E-state index contributed by atoms with van der Waals surface area (Å²) in [5.41, 5.74) is 1.25. The minimum absolute atomic E-state index is 0.127. The molecule has 1 unspecified atom stereocenters. The van der Waals surface area contributed by atoms with E-state index in [1.54, 1.807) is 0 Å². The average Bonchev–Trinajstić information content (AvgIpc) is 2.26. The highest BCUT2D eigenvalue weighted by Crippen LogP contribution is 2.25. The van der Waals surface area contributed by atoms with Crippen molar-refractivity contribution in [2.75, 3.05) is 6.61 Å². The average molecular weight is 272 g/mol. The maximum absolute atomic E-state index is 9.02. The SMILES string of the molecule is CCC(N[C@H](C)CO)c1ccccc1Br. The molecule has 84 valence electrons. The molecule has 0 amide bonds. The van der Waals surface area contributed by atoms with Crippen LogP contribution in [0.2, 0.25) is 0 Å². The summed E-state index contributed by atoms with van der Waals surface area (Å²) in [5, 5.41) is 12.4. The number of nitrogens with one attached hydrogen (secondary N) is 1. The van der Waals surface area contributed by atoms with E-state index in [9.17, 15) is 0 Å². The summed E-state index contributed by atoms with van der Waals surface area (Å²) in [6.45, 7) is 4.29. The van der Waals surface area contributed by atoms with Gasteiger partial charge in [0.25, 0.3) is 0 Å². The molecule has 0 spiro atoms. The van der Waals surface area contributed by atoms with E-state index in [-0.39, 0.29) is 12.6 Å². The Labute approximate surface area is 99.8 Å². The predicted octanol–water partition coefficient (Wildman–Crippen LogP) is 2.87. The van der Waals surface area contributed by atoms with Crippen molar-refractivity contribution in [3.05, 3.63) is 34.3 Å². The second kappa shape index (κ2) is 6.26. The first kappa shape index (κ1) is 12.7. The minimum Gasteiger partial charge on any atom is -0.395 e. The van der Waals surface area contributed by atoms with Crippen molar-refractivity contribution in [3.8, 4) is 0 Å². The fourth-order valence-corrected chi connectivity index (χ4v) is 2.14. The Morgan fingerprint density at radius 3 is 2.60 bits per heavy atom. The van der Waals surface area contributed by atoms with Gasteiger partial charge in [0, 0.05) is 16.6 Å². The molecule has 0 heterocycles. The zero-order valence-electron chi connectivity index (χ0n) is 9.20. The monoisotopic (exact) mass is 271 g/mol. The third kappa shape index (κ3) is 3.59. The molecule has 1 aromatic rings. The predicted molar refractivity (Wildman–Crippen MR) is 66.9 cm³/mol.